The number of likely N-dealkylation sites (N-methyl/N-ethyl adjacent to an activating group) is 1. The number of anilines is 3. The third-order valence-electron chi connectivity index (χ3n) is 4.35. The molecular formula is C18H23N5O2. The number of nitrogens with one attached hydrogen (secondary N) is 1. The van der Waals surface area contributed by atoms with E-state index in [4.69, 9.17) is 5.11 Å². The maximum absolute atomic E-state index is 10.9. The summed E-state index contributed by atoms with van der Waals surface area (Å²) in [6.07, 6.45) is 0. The summed E-state index contributed by atoms with van der Waals surface area (Å²) in [7, 11) is 0. The Hall–Kier alpha value is -2.67. The van der Waals surface area contributed by atoms with E-state index in [1.165, 1.54) is 0 Å². The van der Waals surface area contributed by atoms with Crippen molar-refractivity contribution in [1.82, 2.24) is 14.9 Å². The molecule has 7 heteroatoms. The molecule has 3 rings (SSSR count). The zero-order valence-corrected chi connectivity index (χ0v) is 14.6. The first-order chi connectivity index (χ1) is 12.0. The van der Waals surface area contributed by atoms with Gasteiger partial charge in [-0.3, -0.25) is 0 Å². The summed E-state index contributed by atoms with van der Waals surface area (Å²) in [5, 5.41) is 12.2. The monoisotopic (exact) mass is 341 g/mol. The Balaban J connectivity index is 1.74. The second kappa shape index (κ2) is 7.48. The lowest BCUT2D eigenvalue weighted by Crippen LogP contribution is -2.46. The van der Waals surface area contributed by atoms with Crippen molar-refractivity contribution in [2.75, 3.05) is 42.9 Å². The SMILES string of the molecule is CCN1CCN(c2nc(C)cc(Nc3ccc(C(=O)O)cc3)n2)CC1. The van der Waals surface area contributed by atoms with Crippen LogP contribution in [0, 0.1) is 6.92 Å². The van der Waals surface area contributed by atoms with Gasteiger partial charge in [0.25, 0.3) is 0 Å². The number of hydrogen-bond donors (Lipinski definition) is 2. The Bertz CT molecular complexity index is 740. The summed E-state index contributed by atoms with van der Waals surface area (Å²) < 4.78 is 0. The Morgan fingerprint density at radius 2 is 1.84 bits per heavy atom. The van der Waals surface area contributed by atoms with E-state index in [9.17, 15) is 4.79 Å². The number of carboxylic acids is 1. The number of carbonyl (C=O) groups is 1. The lowest BCUT2D eigenvalue weighted by molar-refractivity contribution is 0.0697. The average Bonchev–Trinajstić information content (AvgIpc) is 2.62. The maximum atomic E-state index is 10.9. The van der Waals surface area contributed by atoms with Gasteiger partial charge in [-0.25, -0.2) is 9.78 Å². The third-order valence-corrected chi connectivity index (χ3v) is 4.35. The minimum Gasteiger partial charge on any atom is -0.478 e. The first-order valence-corrected chi connectivity index (χ1v) is 8.48. The van der Waals surface area contributed by atoms with Crippen molar-refractivity contribution in [3.05, 3.63) is 41.6 Å². The van der Waals surface area contributed by atoms with E-state index < -0.39 is 5.97 Å². The van der Waals surface area contributed by atoms with Crippen LogP contribution in [-0.4, -0.2) is 58.7 Å². The van der Waals surface area contributed by atoms with Crippen LogP contribution in [0.2, 0.25) is 0 Å². The van der Waals surface area contributed by atoms with Crippen LogP contribution in [0.15, 0.2) is 30.3 Å². The molecule has 2 aromatic rings. The molecule has 0 atom stereocenters. The van der Waals surface area contributed by atoms with Crippen LogP contribution in [0.3, 0.4) is 0 Å². The van der Waals surface area contributed by atoms with E-state index in [0.717, 1.165) is 50.1 Å². The Morgan fingerprint density at radius 1 is 1.16 bits per heavy atom. The van der Waals surface area contributed by atoms with Crippen LogP contribution < -0.4 is 10.2 Å². The minimum atomic E-state index is -0.932. The first-order valence-electron chi connectivity index (χ1n) is 8.48. The van der Waals surface area contributed by atoms with Gasteiger partial charge < -0.3 is 20.2 Å². The molecule has 1 aliphatic heterocycles. The standard InChI is InChI=1S/C18H23N5O2/c1-3-22-8-10-23(11-9-22)18-19-13(2)12-16(21-18)20-15-6-4-14(5-7-15)17(24)25/h4-7,12H,3,8-11H2,1-2H3,(H,24,25)(H,19,20,21). The molecule has 0 bridgehead atoms. The van der Waals surface area contributed by atoms with E-state index in [0.29, 0.717) is 5.82 Å². The predicted octanol–water partition coefficient (Wildman–Crippen LogP) is 2.37. The highest BCUT2D eigenvalue weighted by Gasteiger charge is 2.18. The van der Waals surface area contributed by atoms with Gasteiger partial charge in [-0.2, -0.15) is 4.98 Å². The van der Waals surface area contributed by atoms with Gasteiger partial charge in [-0.15, -0.1) is 0 Å². The first kappa shape index (κ1) is 17.2. The lowest BCUT2D eigenvalue weighted by Gasteiger charge is -2.34. The molecule has 25 heavy (non-hydrogen) atoms. The van der Waals surface area contributed by atoms with Crippen LogP contribution in [-0.2, 0) is 0 Å². The molecule has 0 saturated carbocycles. The third kappa shape index (κ3) is 4.24. The highest BCUT2D eigenvalue weighted by atomic mass is 16.4. The van der Waals surface area contributed by atoms with Gasteiger partial charge in [0, 0.05) is 43.6 Å². The predicted molar refractivity (Wildman–Crippen MR) is 97.8 cm³/mol. The molecule has 132 valence electrons. The van der Waals surface area contributed by atoms with Crippen molar-refractivity contribution < 1.29 is 9.90 Å². The second-order valence-corrected chi connectivity index (χ2v) is 6.12. The molecule has 1 aromatic heterocycles. The van der Waals surface area contributed by atoms with Crippen LogP contribution in [0.5, 0.6) is 0 Å². The number of aromatic nitrogens is 2. The number of aromatic carboxylic acids is 1. The molecule has 1 fully saturated rings. The summed E-state index contributed by atoms with van der Waals surface area (Å²) in [4.78, 5) is 24.7. The van der Waals surface area contributed by atoms with Crippen molar-refractivity contribution in [2.24, 2.45) is 0 Å². The number of hydrogen-bond acceptors (Lipinski definition) is 6. The fourth-order valence-electron chi connectivity index (χ4n) is 2.87. The normalized spacial score (nSPS) is 15.2. The maximum Gasteiger partial charge on any atom is 0.335 e. The topological polar surface area (TPSA) is 81.6 Å². The molecule has 0 aliphatic carbocycles. The summed E-state index contributed by atoms with van der Waals surface area (Å²) >= 11 is 0. The van der Waals surface area contributed by atoms with Crippen LogP contribution in [0.4, 0.5) is 17.5 Å². The van der Waals surface area contributed by atoms with Gasteiger partial charge >= 0.3 is 5.97 Å². The fraction of sp³-hybridized carbons (Fsp3) is 0.389. The molecule has 2 N–H and O–H groups in total. The molecule has 1 saturated heterocycles. The molecule has 0 unspecified atom stereocenters. The zero-order valence-electron chi connectivity index (χ0n) is 14.6. The smallest absolute Gasteiger partial charge is 0.335 e. The van der Waals surface area contributed by atoms with Crippen molar-refractivity contribution in [3.63, 3.8) is 0 Å². The number of benzene rings is 1. The van der Waals surface area contributed by atoms with E-state index in [1.807, 2.05) is 13.0 Å². The van der Waals surface area contributed by atoms with E-state index >= 15 is 0 Å². The average molecular weight is 341 g/mol. The Labute approximate surface area is 147 Å². The van der Waals surface area contributed by atoms with Crippen molar-refractivity contribution in [1.29, 1.82) is 0 Å². The van der Waals surface area contributed by atoms with Gasteiger partial charge in [0.1, 0.15) is 5.82 Å². The second-order valence-electron chi connectivity index (χ2n) is 6.12. The molecule has 0 amide bonds. The molecule has 7 nitrogen and oxygen atoms in total. The summed E-state index contributed by atoms with van der Waals surface area (Å²) in [6.45, 7) is 9.08. The van der Waals surface area contributed by atoms with Crippen LogP contribution in [0.1, 0.15) is 23.0 Å². The van der Waals surface area contributed by atoms with Crippen molar-refractivity contribution in [2.45, 2.75) is 13.8 Å². The van der Waals surface area contributed by atoms with Crippen molar-refractivity contribution >= 4 is 23.4 Å². The van der Waals surface area contributed by atoms with Gasteiger partial charge in [-0.05, 0) is 37.7 Å². The summed E-state index contributed by atoms with van der Waals surface area (Å²) in [6, 6.07) is 8.51. The lowest BCUT2D eigenvalue weighted by atomic mass is 10.2. The highest BCUT2D eigenvalue weighted by molar-refractivity contribution is 5.88. The number of rotatable bonds is 5. The molecule has 0 radical (unpaired) electrons. The van der Waals surface area contributed by atoms with Crippen LogP contribution in [0.25, 0.3) is 0 Å². The number of carboxylic acid groups (broad SMARTS) is 1. The zero-order chi connectivity index (χ0) is 17.8. The van der Waals surface area contributed by atoms with E-state index in [2.05, 4.69) is 32.0 Å². The number of piperazine rings is 1. The van der Waals surface area contributed by atoms with Gasteiger partial charge in [0.05, 0.1) is 5.56 Å². The van der Waals surface area contributed by atoms with E-state index in [1.54, 1.807) is 24.3 Å². The molecule has 2 heterocycles. The molecular weight excluding hydrogens is 318 g/mol. The Kier molecular flexibility index (Phi) is 5.14. The fourth-order valence-corrected chi connectivity index (χ4v) is 2.87. The largest absolute Gasteiger partial charge is 0.478 e. The number of aryl methyl sites for hydroxylation is 1. The highest BCUT2D eigenvalue weighted by Crippen LogP contribution is 2.20. The molecule has 0 spiro atoms. The van der Waals surface area contributed by atoms with Gasteiger partial charge in [-0.1, -0.05) is 6.92 Å². The van der Waals surface area contributed by atoms with Gasteiger partial charge in [0.2, 0.25) is 5.95 Å². The Morgan fingerprint density at radius 3 is 2.44 bits per heavy atom. The summed E-state index contributed by atoms with van der Waals surface area (Å²) in [5.74, 6) is 0.516. The van der Waals surface area contributed by atoms with Gasteiger partial charge in [0.15, 0.2) is 0 Å². The molecule has 1 aromatic carbocycles. The molecule has 1 aliphatic rings. The minimum absolute atomic E-state index is 0.263. The van der Waals surface area contributed by atoms with Crippen LogP contribution >= 0.6 is 0 Å². The quantitative estimate of drug-likeness (QED) is 0.864. The van der Waals surface area contributed by atoms with Crippen molar-refractivity contribution in [3.8, 4) is 0 Å². The number of nitrogens with zero attached hydrogens (tertiary/aromatic N) is 4. The van der Waals surface area contributed by atoms with E-state index in [-0.39, 0.29) is 5.56 Å². The summed E-state index contributed by atoms with van der Waals surface area (Å²) in [5.41, 5.74) is 1.95.